The maximum Gasteiger partial charge on any atom is 0.326 e. The number of hydrogen-bond acceptors (Lipinski definition) is 9. The van der Waals surface area contributed by atoms with Gasteiger partial charge in [0.1, 0.15) is 12.1 Å². The van der Waals surface area contributed by atoms with Crippen molar-refractivity contribution in [3.05, 3.63) is 12.7 Å². The highest BCUT2D eigenvalue weighted by Crippen LogP contribution is 2.03. The molecule has 16 heteroatoms. The molecule has 0 unspecified atom stereocenters. The molecule has 226 valence electrons. The van der Waals surface area contributed by atoms with Crippen molar-refractivity contribution >= 4 is 41.5 Å². The summed E-state index contributed by atoms with van der Waals surface area (Å²) in [5, 5.41) is 28.3. The van der Waals surface area contributed by atoms with E-state index < -0.39 is 85.7 Å². The molecule has 0 aliphatic heterocycles. The van der Waals surface area contributed by atoms with Gasteiger partial charge in [0.2, 0.25) is 29.5 Å². The summed E-state index contributed by atoms with van der Waals surface area (Å²) in [4.78, 5) is 86.4. The molecule has 0 aliphatic rings. The maximum absolute atomic E-state index is 12.8. The fraction of sp³-hybridized carbons (Fsp3) is 0.625. The molecule has 0 bridgehead atoms. The van der Waals surface area contributed by atoms with Crippen LogP contribution in [0, 0.1) is 0 Å². The van der Waals surface area contributed by atoms with E-state index in [4.69, 9.17) is 5.73 Å². The number of nitrogens with one attached hydrogen (secondary N) is 4. The summed E-state index contributed by atoms with van der Waals surface area (Å²) >= 11 is 0. The van der Waals surface area contributed by atoms with E-state index in [1.165, 1.54) is 14.1 Å². The highest BCUT2D eigenvalue weighted by molar-refractivity contribution is 5.95. The number of rotatable bonds is 20. The van der Waals surface area contributed by atoms with Crippen molar-refractivity contribution in [3.8, 4) is 0 Å². The quantitative estimate of drug-likeness (QED) is 0.0568. The van der Waals surface area contributed by atoms with Gasteiger partial charge in [0.25, 0.3) is 0 Å². The Bertz CT molecular complexity index is 928. The molecule has 40 heavy (non-hydrogen) atoms. The lowest BCUT2D eigenvalue weighted by Gasteiger charge is -2.25. The van der Waals surface area contributed by atoms with Crippen LogP contribution in [0.4, 0.5) is 0 Å². The van der Waals surface area contributed by atoms with Crippen LogP contribution in [0.2, 0.25) is 0 Å². The summed E-state index contributed by atoms with van der Waals surface area (Å²) in [6.07, 6.45) is 1.92. The van der Waals surface area contributed by atoms with E-state index in [0.717, 1.165) is 9.80 Å². The van der Waals surface area contributed by atoms with Gasteiger partial charge in [-0.3, -0.25) is 28.8 Å². The SMILES string of the molecule is C=CCN[C@@H](C)C(=O)NCC(=O)N(C)CC(=O)N[C@@H](CC(=O)O)C(=O)N(C)CC(=O)N[C@@H](CCCCN)C(=O)O. The molecular formula is C24H41N7O9. The summed E-state index contributed by atoms with van der Waals surface area (Å²) in [5.74, 6) is -6.29. The Labute approximate surface area is 232 Å². The van der Waals surface area contributed by atoms with Gasteiger partial charge in [0.15, 0.2) is 0 Å². The summed E-state index contributed by atoms with van der Waals surface area (Å²) < 4.78 is 0. The van der Waals surface area contributed by atoms with Crippen LogP contribution in [-0.2, 0) is 33.6 Å². The molecule has 5 amide bonds. The first kappa shape index (κ1) is 35.9. The Balaban J connectivity index is 5.03. The van der Waals surface area contributed by atoms with Gasteiger partial charge in [-0.2, -0.15) is 0 Å². The van der Waals surface area contributed by atoms with Gasteiger partial charge in [0, 0.05) is 20.6 Å². The van der Waals surface area contributed by atoms with Crippen molar-refractivity contribution in [2.45, 2.75) is 50.7 Å². The molecule has 0 saturated heterocycles. The minimum atomic E-state index is -1.57. The number of aliphatic carboxylic acids is 2. The van der Waals surface area contributed by atoms with Gasteiger partial charge >= 0.3 is 11.9 Å². The molecule has 3 atom stereocenters. The van der Waals surface area contributed by atoms with Gasteiger partial charge < -0.3 is 47.0 Å². The van der Waals surface area contributed by atoms with E-state index in [2.05, 4.69) is 27.8 Å². The second-order valence-corrected chi connectivity index (χ2v) is 9.04. The fourth-order valence-corrected chi connectivity index (χ4v) is 3.27. The minimum absolute atomic E-state index is 0.134. The van der Waals surface area contributed by atoms with E-state index in [9.17, 15) is 43.8 Å². The Morgan fingerprint density at radius 2 is 1.50 bits per heavy atom. The lowest BCUT2D eigenvalue weighted by Crippen LogP contribution is -2.53. The lowest BCUT2D eigenvalue weighted by molar-refractivity contribution is -0.145. The average Bonchev–Trinajstić information content (AvgIpc) is 2.88. The second-order valence-electron chi connectivity index (χ2n) is 9.04. The van der Waals surface area contributed by atoms with E-state index in [-0.39, 0.29) is 6.42 Å². The smallest absolute Gasteiger partial charge is 0.326 e. The molecule has 0 aromatic heterocycles. The predicted molar refractivity (Wildman–Crippen MR) is 143 cm³/mol. The first-order valence-electron chi connectivity index (χ1n) is 12.6. The van der Waals surface area contributed by atoms with Crippen molar-refractivity contribution in [1.82, 2.24) is 31.1 Å². The number of unbranched alkanes of at least 4 members (excludes halogenated alkanes) is 1. The average molecular weight is 572 g/mol. The summed E-state index contributed by atoms with van der Waals surface area (Å²) in [6.45, 7) is 4.32. The molecule has 0 rings (SSSR count). The highest BCUT2D eigenvalue weighted by atomic mass is 16.4. The Morgan fingerprint density at radius 1 is 0.925 bits per heavy atom. The van der Waals surface area contributed by atoms with Crippen molar-refractivity contribution in [1.29, 1.82) is 0 Å². The molecule has 8 N–H and O–H groups in total. The second kappa shape index (κ2) is 19.1. The number of nitrogens with zero attached hydrogens (tertiary/aromatic N) is 2. The molecule has 0 radical (unpaired) electrons. The maximum atomic E-state index is 12.8. The van der Waals surface area contributed by atoms with Crippen molar-refractivity contribution in [3.63, 3.8) is 0 Å². The zero-order valence-corrected chi connectivity index (χ0v) is 23.1. The van der Waals surface area contributed by atoms with Crippen LogP contribution in [0.1, 0.15) is 32.6 Å². The van der Waals surface area contributed by atoms with E-state index in [1.54, 1.807) is 13.0 Å². The third kappa shape index (κ3) is 14.8. The molecule has 0 spiro atoms. The Kier molecular flexibility index (Phi) is 17.1. The predicted octanol–water partition coefficient (Wildman–Crippen LogP) is -3.16. The van der Waals surface area contributed by atoms with Gasteiger partial charge in [-0.05, 0) is 32.7 Å². The molecule has 0 aromatic carbocycles. The van der Waals surface area contributed by atoms with Crippen LogP contribution in [0.3, 0.4) is 0 Å². The zero-order chi connectivity index (χ0) is 30.8. The number of nitrogens with two attached hydrogens (primary N) is 1. The molecular weight excluding hydrogens is 530 g/mol. The van der Waals surface area contributed by atoms with E-state index in [0.29, 0.717) is 25.9 Å². The highest BCUT2D eigenvalue weighted by Gasteiger charge is 2.29. The largest absolute Gasteiger partial charge is 0.481 e. The van der Waals surface area contributed by atoms with Gasteiger partial charge in [0.05, 0.1) is 32.1 Å². The van der Waals surface area contributed by atoms with E-state index in [1.807, 2.05) is 0 Å². The van der Waals surface area contributed by atoms with Crippen molar-refractivity contribution in [2.24, 2.45) is 5.73 Å². The topological polar surface area (TPSA) is 241 Å². The monoisotopic (exact) mass is 571 g/mol. The molecule has 0 aromatic rings. The third-order valence-electron chi connectivity index (χ3n) is 5.53. The number of carbonyl (C=O) groups excluding carboxylic acids is 5. The molecule has 0 aliphatic carbocycles. The summed E-state index contributed by atoms with van der Waals surface area (Å²) in [7, 11) is 2.47. The first-order valence-corrected chi connectivity index (χ1v) is 12.6. The van der Waals surface area contributed by atoms with E-state index >= 15 is 0 Å². The zero-order valence-electron chi connectivity index (χ0n) is 23.1. The van der Waals surface area contributed by atoms with Crippen LogP contribution in [0.25, 0.3) is 0 Å². The van der Waals surface area contributed by atoms with Crippen LogP contribution in [0.15, 0.2) is 12.7 Å². The van der Waals surface area contributed by atoms with Gasteiger partial charge in [-0.1, -0.05) is 6.08 Å². The number of carboxylic acids is 2. The third-order valence-corrected chi connectivity index (χ3v) is 5.53. The number of carbonyl (C=O) groups is 7. The fourth-order valence-electron chi connectivity index (χ4n) is 3.27. The first-order chi connectivity index (χ1) is 18.7. The molecule has 0 heterocycles. The normalized spacial score (nSPS) is 12.7. The van der Waals surface area contributed by atoms with Crippen LogP contribution < -0.4 is 27.0 Å². The number of amides is 5. The molecule has 0 fully saturated rings. The van der Waals surface area contributed by atoms with Crippen LogP contribution >= 0.6 is 0 Å². The number of likely N-dealkylation sites (N-methyl/N-ethyl adjacent to an activating group) is 2. The van der Waals surface area contributed by atoms with Gasteiger partial charge in [-0.15, -0.1) is 6.58 Å². The Morgan fingerprint density at radius 3 is 2.02 bits per heavy atom. The lowest BCUT2D eigenvalue weighted by atomic mass is 10.1. The van der Waals surface area contributed by atoms with Gasteiger partial charge in [-0.25, -0.2) is 4.79 Å². The summed E-state index contributed by atoms with van der Waals surface area (Å²) in [6, 6.07) is -3.35. The van der Waals surface area contributed by atoms with Crippen molar-refractivity contribution < 1.29 is 43.8 Å². The standard InChI is InChI=1S/C24H41N7O9/c1-5-10-26-15(2)22(37)27-12-20(34)30(3)13-18(32)29-17(11-21(35)36)23(38)31(4)14-19(33)28-16(24(39)40)8-6-7-9-25/h5,15-17,26H,1,6-14,25H2,2-4H3,(H,27,37)(H,28,33)(H,29,32)(H,35,36)(H,39,40)/t15-,16-,17-/m0/s1. The summed E-state index contributed by atoms with van der Waals surface area (Å²) in [5.41, 5.74) is 5.39. The van der Waals surface area contributed by atoms with Crippen LogP contribution in [0.5, 0.6) is 0 Å². The molecule has 0 saturated carbocycles. The minimum Gasteiger partial charge on any atom is -0.481 e. The Hall–Kier alpha value is -4.05. The number of hydrogen-bond donors (Lipinski definition) is 7. The number of carboxylic acid groups (broad SMARTS) is 2. The molecule has 16 nitrogen and oxygen atoms in total. The van der Waals surface area contributed by atoms with Crippen molar-refractivity contribution in [2.75, 3.05) is 46.8 Å². The van der Waals surface area contributed by atoms with Crippen LogP contribution in [-0.4, -0.2) is 126 Å².